The molecule has 0 saturated heterocycles. The van der Waals surface area contributed by atoms with Crippen LogP contribution in [0.4, 0.5) is 0 Å². The maximum Gasteiger partial charge on any atom is 0.227 e. The van der Waals surface area contributed by atoms with Crippen molar-refractivity contribution in [2.24, 2.45) is 0 Å². The van der Waals surface area contributed by atoms with E-state index in [4.69, 9.17) is 29.3 Å². The Labute approximate surface area is 385 Å². The van der Waals surface area contributed by atoms with Crippen LogP contribution in [0.2, 0.25) is 0 Å². The lowest BCUT2D eigenvalue weighted by Gasteiger charge is -2.13. The van der Waals surface area contributed by atoms with E-state index >= 15 is 0 Å². The van der Waals surface area contributed by atoms with Gasteiger partial charge in [0.25, 0.3) is 0 Å². The summed E-state index contributed by atoms with van der Waals surface area (Å²) in [6, 6.07) is 77.5. The second-order valence-electron chi connectivity index (χ2n) is 16.9. The van der Waals surface area contributed by atoms with Crippen molar-refractivity contribution in [1.82, 2.24) is 24.9 Å². The van der Waals surface area contributed by atoms with E-state index in [1.165, 1.54) is 10.8 Å². The topological polar surface area (TPSA) is 77.6 Å². The van der Waals surface area contributed by atoms with Gasteiger partial charge in [-0.05, 0) is 74.8 Å². The highest BCUT2D eigenvalue weighted by Crippen LogP contribution is 2.40. The van der Waals surface area contributed by atoms with Gasteiger partial charge in [0.1, 0.15) is 5.52 Å². The molecule has 0 spiro atoms. The Morgan fingerprint density at radius 2 is 0.657 bits per heavy atom. The second-order valence-corrected chi connectivity index (χ2v) is 16.9. The highest BCUT2D eigenvalue weighted by atomic mass is 16.3. The molecule has 13 rings (SSSR count). The number of hydrogen-bond donors (Lipinski definition) is 0. The van der Waals surface area contributed by atoms with Gasteiger partial charge in [0.05, 0.1) is 22.8 Å². The summed E-state index contributed by atoms with van der Waals surface area (Å²) in [7, 11) is 0. The molecule has 312 valence electrons. The maximum atomic E-state index is 6.92. The highest BCUT2D eigenvalue weighted by Gasteiger charge is 2.21. The summed E-state index contributed by atoms with van der Waals surface area (Å²) in [5.74, 6) is 1.57. The summed E-state index contributed by atoms with van der Waals surface area (Å²) in [6.07, 6.45) is 0. The quantitative estimate of drug-likeness (QED) is 0.149. The third-order valence-corrected chi connectivity index (χ3v) is 12.6. The fourth-order valence-electron chi connectivity index (χ4n) is 9.32. The largest absolute Gasteiger partial charge is 0.435 e. The molecule has 6 nitrogen and oxygen atoms in total. The summed E-state index contributed by atoms with van der Waals surface area (Å²) in [4.78, 5) is 26.6. The average molecular weight is 856 g/mol. The number of oxazole rings is 1. The summed E-state index contributed by atoms with van der Waals surface area (Å²) >= 11 is 0. The third-order valence-electron chi connectivity index (χ3n) is 12.6. The number of aromatic nitrogens is 5. The molecule has 0 aliphatic rings. The van der Waals surface area contributed by atoms with E-state index in [0.717, 1.165) is 105 Å². The monoisotopic (exact) mass is 855 g/mol. The molecule has 3 heterocycles. The smallest absolute Gasteiger partial charge is 0.227 e. The molecule has 10 aromatic carbocycles. The molecule has 0 bridgehead atoms. The SMILES string of the molecule is c1ccc(-c2cc(-c3ccc4ccccc4c3)nc(-c3cc(-c4nc(-c5ccccc5)cc(-c5ccc6ccccc6c5)n4)cc(-c4nc5c6ccccc6c6ccccc6c5o4)c3)n2)cc1. The zero-order chi connectivity index (χ0) is 44.3. The van der Waals surface area contributed by atoms with Crippen LogP contribution in [0, 0.1) is 0 Å². The van der Waals surface area contributed by atoms with Crippen LogP contribution in [-0.2, 0) is 0 Å². The minimum absolute atomic E-state index is 0.475. The molecule has 0 fully saturated rings. The lowest BCUT2D eigenvalue weighted by atomic mass is 10.0. The zero-order valence-corrected chi connectivity index (χ0v) is 36.0. The predicted octanol–water partition coefficient (Wildman–Crippen LogP) is 15.7. The normalized spacial score (nSPS) is 11.6. The number of fused-ring (bicyclic) bond motifs is 8. The van der Waals surface area contributed by atoms with Gasteiger partial charge in [-0.2, -0.15) is 0 Å². The van der Waals surface area contributed by atoms with Gasteiger partial charge in [0.2, 0.25) is 5.89 Å². The number of hydrogen-bond acceptors (Lipinski definition) is 6. The number of benzene rings is 10. The van der Waals surface area contributed by atoms with Crippen LogP contribution in [-0.4, -0.2) is 24.9 Å². The van der Waals surface area contributed by atoms with Crippen LogP contribution in [0.1, 0.15) is 0 Å². The fourth-order valence-corrected chi connectivity index (χ4v) is 9.32. The van der Waals surface area contributed by atoms with Crippen molar-refractivity contribution in [2.45, 2.75) is 0 Å². The molecule has 67 heavy (non-hydrogen) atoms. The molecule has 0 aliphatic carbocycles. The van der Waals surface area contributed by atoms with Gasteiger partial charge >= 0.3 is 0 Å². The minimum Gasteiger partial charge on any atom is -0.435 e. The molecule has 0 saturated carbocycles. The van der Waals surface area contributed by atoms with Crippen LogP contribution in [0.25, 0.3) is 133 Å². The Morgan fingerprint density at radius 3 is 1.18 bits per heavy atom. The van der Waals surface area contributed by atoms with Crippen LogP contribution < -0.4 is 0 Å². The highest BCUT2D eigenvalue weighted by molar-refractivity contribution is 6.22. The van der Waals surface area contributed by atoms with E-state index in [-0.39, 0.29) is 0 Å². The van der Waals surface area contributed by atoms with Crippen LogP contribution >= 0.6 is 0 Å². The number of rotatable bonds is 7. The molecule has 0 unspecified atom stereocenters. The molecular formula is C61H37N5O. The van der Waals surface area contributed by atoms with E-state index in [2.05, 4.69) is 182 Å². The van der Waals surface area contributed by atoms with E-state index in [1.807, 2.05) is 42.5 Å². The van der Waals surface area contributed by atoms with Crippen molar-refractivity contribution in [3.63, 3.8) is 0 Å². The van der Waals surface area contributed by atoms with Gasteiger partial charge in [0.15, 0.2) is 17.2 Å². The Bertz CT molecular complexity index is 3790. The lowest BCUT2D eigenvalue weighted by molar-refractivity contribution is 0.623. The summed E-state index contributed by atoms with van der Waals surface area (Å²) in [5.41, 5.74) is 11.0. The third kappa shape index (κ3) is 6.96. The van der Waals surface area contributed by atoms with E-state index in [9.17, 15) is 0 Å². The Balaban J connectivity index is 1.07. The first-order valence-corrected chi connectivity index (χ1v) is 22.4. The molecule has 0 atom stereocenters. The number of nitrogens with zero attached hydrogens (tertiary/aromatic N) is 5. The van der Waals surface area contributed by atoms with Gasteiger partial charge < -0.3 is 4.42 Å². The fraction of sp³-hybridized carbons (Fsp3) is 0. The first-order valence-electron chi connectivity index (χ1n) is 22.4. The van der Waals surface area contributed by atoms with Crippen molar-refractivity contribution in [3.05, 3.63) is 224 Å². The summed E-state index contributed by atoms with van der Waals surface area (Å²) in [5, 5.41) is 8.88. The van der Waals surface area contributed by atoms with Crippen molar-refractivity contribution in [3.8, 4) is 79.3 Å². The van der Waals surface area contributed by atoms with Gasteiger partial charge in [-0.15, -0.1) is 0 Å². The first-order chi connectivity index (χ1) is 33.1. The average Bonchev–Trinajstić information content (AvgIpc) is 3.87. The van der Waals surface area contributed by atoms with Gasteiger partial charge in [-0.1, -0.05) is 182 Å². The van der Waals surface area contributed by atoms with E-state index in [1.54, 1.807) is 0 Å². The standard InChI is InChI=1S/C61H37N5O/c1-3-17-40(18-4-1)53-36-55(44-29-27-38-15-7-9-21-42(38)31-44)64-59(62-53)46-33-47(35-48(34-46)61-66-57-51-25-13-11-23-49(51)50-24-12-14-26-52(50)58(57)67-61)60-63-54(41-19-5-2-6-20-41)37-56(65-60)45-30-28-39-16-8-10-22-43(39)32-45/h1-37H. The van der Waals surface area contributed by atoms with Gasteiger partial charge in [0, 0.05) is 49.7 Å². The molecule has 3 aromatic heterocycles. The van der Waals surface area contributed by atoms with Crippen LogP contribution in [0.3, 0.4) is 0 Å². The molecule has 0 radical (unpaired) electrons. The van der Waals surface area contributed by atoms with Crippen molar-refractivity contribution < 1.29 is 4.42 Å². The molecular weight excluding hydrogens is 819 g/mol. The maximum absolute atomic E-state index is 6.92. The lowest BCUT2D eigenvalue weighted by Crippen LogP contribution is -1.99. The van der Waals surface area contributed by atoms with Crippen LogP contribution in [0.15, 0.2) is 229 Å². The Morgan fingerprint density at radius 1 is 0.254 bits per heavy atom. The first kappa shape index (κ1) is 38.3. The minimum atomic E-state index is 0.475. The van der Waals surface area contributed by atoms with Crippen molar-refractivity contribution >= 4 is 54.2 Å². The summed E-state index contributed by atoms with van der Waals surface area (Å²) in [6.45, 7) is 0. The molecule has 6 heteroatoms. The second kappa shape index (κ2) is 15.8. The van der Waals surface area contributed by atoms with E-state index < -0.39 is 0 Å². The summed E-state index contributed by atoms with van der Waals surface area (Å²) < 4.78 is 6.92. The Hall–Kier alpha value is -9.13. The van der Waals surface area contributed by atoms with E-state index in [0.29, 0.717) is 17.5 Å². The molecule has 13 aromatic rings. The zero-order valence-electron chi connectivity index (χ0n) is 36.0. The van der Waals surface area contributed by atoms with Gasteiger partial charge in [-0.25, -0.2) is 24.9 Å². The predicted molar refractivity (Wildman–Crippen MR) is 273 cm³/mol. The van der Waals surface area contributed by atoms with Crippen molar-refractivity contribution in [1.29, 1.82) is 0 Å². The Kier molecular flexibility index (Phi) is 9.06. The van der Waals surface area contributed by atoms with Crippen LogP contribution in [0.5, 0.6) is 0 Å². The van der Waals surface area contributed by atoms with Gasteiger partial charge in [-0.3, -0.25) is 0 Å². The van der Waals surface area contributed by atoms with Crippen molar-refractivity contribution in [2.75, 3.05) is 0 Å². The molecule has 0 aliphatic heterocycles. The molecule has 0 amide bonds. The molecule has 0 N–H and O–H groups in total.